The minimum absolute atomic E-state index is 0.0617. The van der Waals surface area contributed by atoms with Gasteiger partial charge in [0.2, 0.25) is 13.4 Å². The first kappa shape index (κ1) is 72.5. The summed E-state index contributed by atoms with van der Waals surface area (Å²) in [5, 5.41) is 0. The van der Waals surface area contributed by atoms with E-state index in [0.717, 1.165) is 124 Å². The van der Waals surface area contributed by atoms with E-state index in [0.29, 0.717) is 0 Å². The van der Waals surface area contributed by atoms with Crippen LogP contribution in [0.4, 0.5) is 68.2 Å². The number of anilines is 12. The van der Waals surface area contributed by atoms with Crippen LogP contribution in [0, 0.1) is 0 Å². The lowest BCUT2D eigenvalue weighted by atomic mass is 9.31. The molecule has 0 fully saturated rings. The molecule has 0 saturated heterocycles. The van der Waals surface area contributed by atoms with Crippen molar-refractivity contribution in [3.05, 3.63) is 412 Å². The normalized spacial score (nSPS) is 12.9. The summed E-state index contributed by atoms with van der Waals surface area (Å²) in [5.74, 6) is 0. The van der Waals surface area contributed by atoms with Crippen molar-refractivity contribution in [2.75, 3.05) is 19.6 Å². The second-order valence-corrected chi connectivity index (χ2v) is 35.7. The van der Waals surface area contributed by atoms with Crippen LogP contribution in [0.5, 0.6) is 0 Å². The first-order valence-electron chi connectivity index (χ1n) is 41.1. The van der Waals surface area contributed by atoms with Gasteiger partial charge in [-0.25, -0.2) is 0 Å². The van der Waals surface area contributed by atoms with E-state index in [1.165, 1.54) is 74.6 Å². The summed E-state index contributed by atoms with van der Waals surface area (Å²) >= 11 is 3.83. The average molecular weight is 1550 g/mol. The highest BCUT2D eigenvalue weighted by atomic mass is 32.2. The molecule has 21 rings (SSSR count). The van der Waals surface area contributed by atoms with Gasteiger partial charge in [0.15, 0.2) is 0 Å². The molecule has 118 heavy (non-hydrogen) atoms. The molecule has 17 aromatic rings. The molecule has 562 valence electrons. The Hall–Kier alpha value is -13.2. The number of para-hydroxylation sites is 5. The van der Waals surface area contributed by atoms with Gasteiger partial charge in [-0.05, 0) is 179 Å². The molecule has 0 N–H and O–H groups in total. The Morgan fingerprint density at radius 3 is 1.10 bits per heavy atom. The molecule has 0 saturated carbocycles. The zero-order chi connectivity index (χ0) is 79.3. The minimum atomic E-state index is -0.171. The quantitative estimate of drug-likeness (QED) is 0.0999. The molecule has 0 amide bonds. The van der Waals surface area contributed by atoms with E-state index in [2.05, 4.69) is 462 Å². The van der Waals surface area contributed by atoms with Crippen LogP contribution in [-0.2, 0) is 10.8 Å². The summed E-state index contributed by atoms with van der Waals surface area (Å²) in [7, 11) is 0. The topological polar surface area (TPSA) is 13.0 Å². The fraction of sp³-hybridized carbons (Fsp3) is 0.0727. The monoisotopic (exact) mass is 1550 g/mol. The van der Waals surface area contributed by atoms with Crippen LogP contribution in [-0.4, -0.2) is 13.4 Å². The van der Waals surface area contributed by atoms with Gasteiger partial charge in [-0.1, -0.05) is 385 Å². The molecule has 4 aliphatic rings. The van der Waals surface area contributed by atoms with Crippen LogP contribution in [0.15, 0.2) is 420 Å². The van der Waals surface area contributed by atoms with Crippen LogP contribution < -0.4 is 52.4 Å². The Kier molecular flexibility index (Phi) is 18.1. The SMILES string of the molecule is CC(C)(C)c1ccc(-c2cccc(-c3ccc(C(C)(C)C)cc3)c2N2c3cc4c(cc3B3c5ccccc5Sc5cc(N(c6ccc(-c7ccccc7)cc6)c6ccccc6-c6ccccc6)cc2c53)B2c3ccccc3N(c3ccccc3)c3cc(N(c5ccc(-c6ccccc6)cc5)c5ccccc5-c5ccccc5)cc(c32)S4)cc1. The highest BCUT2D eigenvalue weighted by Gasteiger charge is 2.47. The van der Waals surface area contributed by atoms with Gasteiger partial charge in [0, 0.05) is 93.0 Å². The zero-order valence-corrected chi connectivity index (χ0v) is 68.5. The average Bonchev–Trinajstić information content (AvgIpc) is 0.688. The van der Waals surface area contributed by atoms with E-state index in [-0.39, 0.29) is 24.3 Å². The first-order valence-corrected chi connectivity index (χ1v) is 42.7. The van der Waals surface area contributed by atoms with E-state index in [9.17, 15) is 0 Å². The lowest BCUT2D eigenvalue weighted by Gasteiger charge is -2.44. The lowest BCUT2D eigenvalue weighted by molar-refractivity contribution is 0.590. The van der Waals surface area contributed by atoms with Crippen molar-refractivity contribution >= 4 is 138 Å². The van der Waals surface area contributed by atoms with E-state index in [1.54, 1.807) is 0 Å². The molecular weight excluding hydrogens is 1460 g/mol. The lowest BCUT2D eigenvalue weighted by Crippen LogP contribution is -2.64. The molecule has 17 aromatic carbocycles. The number of fused-ring (bicyclic) bond motifs is 8. The molecule has 4 aliphatic heterocycles. The fourth-order valence-electron chi connectivity index (χ4n) is 18.5. The molecule has 4 heterocycles. The van der Waals surface area contributed by atoms with Crippen LogP contribution >= 0.6 is 23.5 Å². The number of hydrogen-bond acceptors (Lipinski definition) is 6. The number of benzene rings is 17. The van der Waals surface area contributed by atoms with Gasteiger partial charge in [0.25, 0.3) is 0 Å². The molecule has 4 nitrogen and oxygen atoms in total. The van der Waals surface area contributed by atoms with Crippen molar-refractivity contribution in [2.24, 2.45) is 0 Å². The summed E-state index contributed by atoms with van der Waals surface area (Å²) in [6.07, 6.45) is 0. The molecule has 0 spiro atoms. The van der Waals surface area contributed by atoms with E-state index in [4.69, 9.17) is 0 Å². The third-order valence-electron chi connectivity index (χ3n) is 24.3. The Balaban J connectivity index is 0.857. The van der Waals surface area contributed by atoms with Crippen molar-refractivity contribution in [3.8, 4) is 66.8 Å². The summed E-state index contributed by atoms with van der Waals surface area (Å²) in [6, 6.07) is 151. The van der Waals surface area contributed by atoms with Gasteiger partial charge >= 0.3 is 0 Å². The van der Waals surface area contributed by atoms with Gasteiger partial charge in [0.1, 0.15) is 0 Å². The summed E-state index contributed by atoms with van der Waals surface area (Å²) < 4.78 is 0. The van der Waals surface area contributed by atoms with Gasteiger partial charge in [0.05, 0.1) is 17.1 Å². The van der Waals surface area contributed by atoms with Crippen molar-refractivity contribution in [1.29, 1.82) is 0 Å². The van der Waals surface area contributed by atoms with E-state index < -0.39 is 0 Å². The van der Waals surface area contributed by atoms with Crippen LogP contribution in [0.3, 0.4) is 0 Å². The van der Waals surface area contributed by atoms with Gasteiger partial charge in [-0.3, -0.25) is 0 Å². The predicted octanol–water partition coefficient (Wildman–Crippen LogP) is 26.8. The van der Waals surface area contributed by atoms with Crippen LogP contribution in [0.25, 0.3) is 66.8 Å². The van der Waals surface area contributed by atoms with Crippen LogP contribution in [0.2, 0.25) is 0 Å². The Morgan fingerprint density at radius 1 is 0.237 bits per heavy atom. The Morgan fingerprint density at radius 2 is 0.610 bits per heavy atom. The van der Waals surface area contributed by atoms with E-state index >= 15 is 0 Å². The summed E-state index contributed by atoms with van der Waals surface area (Å²) in [5.41, 5.74) is 37.3. The standard InChI is InChI=1S/C110H84B2N4S2/c1-109(2,3)81-59-51-79(52-60-81)90-43-30-44-91(80-53-61-82(62-54-80)110(4,5)6)108(90)116-99-72-103-95(71-94(99)112-93-46-25-29-50-102(93)117-104-69-87(68-101(116)107(104)112)114(85-65-57-76(58-66-85)74-33-14-8-15-34-74)97-48-27-23-42-89(97)78-37-18-10-19-38-78)111-92-45-24-28-49-98(92)115(83-39-20-11-21-40-83)100-67-86(70-105(118-103)106(100)111)113(84-63-55-75(56-64-84)73-31-12-7-13-32-73)96-47-26-22-41-88(96)77-35-16-9-17-36-77/h7-72H,1-6H3. The highest BCUT2D eigenvalue weighted by Crippen LogP contribution is 2.55. The molecular formula is C110H84B2N4S2. The summed E-state index contributed by atoms with van der Waals surface area (Å²) in [4.78, 5) is 15.2. The second kappa shape index (κ2) is 29.5. The molecule has 0 aromatic heterocycles. The second-order valence-electron chi connectivity index (χ2n) is 33.5. The van der Waals surface area contributed by atoms with Gasteiger partial charge < -0.3 is 19.6 Å². The number of nitrogens with zero attached hydrogens (tertiary/aromatic N) is 4. The predicted molar refractivity (Wildman–Crippen MR) is 506 cm³/mol. The van der Waals surface area contributed by atoms with Crippen molar-refractivity contribution in [2.45, 2.75) is 72.0 Å². The molecule has 0 unspecified atom stereocenters. The highest BCUT2D eigenvalue weighted by molar-refractivity contribution is 8.00. The van der Waals surface area contributed by atoms with Gasteiger partial charge in [-0.2, -0.15) is 0 Å². The minimum Gasteiger partial charge on any atom is -0.311 e. The Labute approximate surface area is 702 Å². The maximum absolute atomic E-state index is 2.74. The van der Waals surface area contributed by atoms with Crippen molar-refractivity contribution in [3.63, 3.8) is 0 Å². The van der Waals surface area contributed by atoms with Gasteiger partial charge in [-0.15, -0.1) is 0 Å². The van der Waals surface area contributed by atoms with Crippen molar-refractivity contribution < 1.29 is 0 Å². The van der Waals surface area contributed by atoms with E-state index in [1.807, 2.05) is 23.5 Å². The largest absolute Gasteiger partial charge is 0.311 e. The third-order valence-corrected chi connectivity index (χ3v) is 26.6. The Bertz CT molecular complexity index is 6610. The molecule has 8 heteroatoms. The number of rotatable bonds is 14. The zero-order valence-electron chi connectivity index (χ0n) is 66.9. The molecule has 0 radical (unpaired) electrons. The molecule has 0 atom stereocenters. The smallest absolute Gasteiger partial charge is 0.249 e. The van der Waals surface area contributed by atoms with Crippen LogP contribution in [0.1, 0.15) is 52.7 Å². The maximum atomic E-state index is 2.74. The van der Waals surface area contributed by atoms with Crippen molar-refractivity contribution in [1.82, 2.24) is 0 Å². The fourth-order valence-corrected chi connectivity index (χ4v) is 21.0. The molecule has 0 aliphatic carbocycles. The summed E-state index contributed by atoms with van der Waals surface area (Å²) in [6.45, 7) is 13.6. The maximum Gasteiger partial charge on any atom is 0.249 e. The number of hydrogen-bond donors (Lipinski definition) is 0. The third kappa shape index (κ3) is 12.8. The molecule has 0 bridgehead atoms. The first-order chi connectivity index (χ1) is 57.8.